The number of hydrogen-bond donors (Lipinski definition) is 2. The number of nitriles is 1. The van der Waals surface area contributed by atoms with Gasteiger partial charge in [-0.15, -0.1) is 0 Å². The third kappa shape index (κ3) is 5.74. The maximum Gasteiger partial charge on any atom is 0.262 e. The predicted octanol–water partition coefficient (Wildman–Crippen LogP) is 2.98. The average Bonchev–Trinajstić information content (AvgIpc) is 3.02. The molecule has 0 atom stereocenters. The van der Waals surface area contributed by atoms with Crippen molar-refractivity contribution in [3.8, 4) is 11.8 Å². The number of nitrogens with zero attached hydrogens (tertiary/aromatic N) is 2. The zero-order valence-corrected chi connectivity index (χ0v) is 17.9. The number of methoxy groups -OCH3 is 1. The minimum absolute atomic E-state index is 0.0354. The van der Waals surface area contributed by atoms with Crippen LogP contribution in [0.5, 0.6) is 5.75 Å². The lowest BCUT2D eigenvalue weighted by Crippen LogP contribution is -2.35. The van der Waals surface area contributed by atoms with Crippen molar-refractivity contribution in [2.45, 2.75) is 33.7 Å². The van der Waals surface area contributed by atoms with Crippen LogP contribution in [0.4, 0.5) is 0 Å². The van der Waals surface area contributed by atoms with E-state index in [1.165, 1.54) is 0 Å². The van der Waals surface area contributed by atoms with Crippen LogP contribution >= 0.6 is 0 Å². The van der Waals surface area contributed by atoms with Crippen molar-refractivity contribution < 1.29 is 14.3 Å². The quantitative estimate of drug-likeness (QED) is 0.379. The van der Waals surface area contributed by atoms with Crippen LogP contribution in [0.2, 0.25) is 0 Å². The van der Waals surface area contributed by atoms with Crippen LogP contribution in [0.3, 0.4) is 0 Å². The van der Waals surface area contributed by atoms with E-state index >= 15 is 0 Å². The second-order valence-corrected chi connectivity index (χ2v) is 6.89. The fraction of sp³-hybridized carbons (Fsp3) is 0.348. The van der Waals surface area contributed by atoms with E-state index in [4.69, 9.17) is 4.74 Å². The molecule has 30 heavy (non-hydrogen) atoms. The van der Waals surface area contributed by atoms with Crippen LogP contribution in [-0.4, -0.2) is 36.6 Å². The Balaban J connectivity index is 1.91. The van der Waals surface area contributed by atoms with E-state index in [0.29, 0.717) is 11.3 Å². The maximum absolute atomic E-state index is 12.4. The molecule has 0 bridgehead atoms. The van der Waals surface area contributed by atoms with Gasteiger partial charge in [-0.2, -0.15) is 5.26 Å². The number of rotatable bonds is 9. The molecule has 2 N–H and O–H groups in total. The van der Waals surface area contributed by atoms with Crippen molar-refractivity contribution >= 4 is 17.9 Å². The van der Waals surface area contributed by atoms with E-state index in [1.807, 2.05) is 26.0 Å². The molecule has 0 radical (unpaired) electrons. The van der Waals surface area contributed by atoms with Gasteiger partial charge in [0.05, 0.1) is 7.11 Å². The minimum atomic E-state index is -0.462. The van der Waals surface area contributed by atoms with E-state index in [2.05, 4.69) is 22.1 Å². The first-order valence-electron chi connectivity index (χ1n) is 9.90. The van der Waals surface area contributed by atoms with Gasteiger partial charge >= 0.3 is 0 Å². The molecule has 158 valence electrons. The average molecular weight is 409 g/mol. The Bertz CT molecular complexity index is 966. The summed E-state index contributed by atoms with van der Waals surface area (Å²) in [5, 5.41) is 14.8. The molecular formula is C23H28N4O3. The van der Waals surface area contributed by atoms with Gasteiger partial charge in [0.2, 0.25) is 0 Å². The Morgan fingerprint density at radius 2 is 1.83 bits per heavy atom. The van der Waals surface area contributed by atoms with Crippen LogP contribution in [0.15, 0.2) is 35.9 Å². The van der Waals surface area contributed by atoms with Crippen molar-refractivity contribution in [3.05, 3.63) is 58.4 Å². The maximum atomic E-state index is 12.4. The first kappa shape index (κ1) is 22.8. The Kier molecular flexibility index (Phi) is 8.24. The van der Waals surface area contributed by atoms with E-state index in [9.17, 15) is 14.9 Å². The van der Waals surface area contributed by atoms with Gasteiger partial charge in [-0.25, -0.2) is 0 Å². The van der Waals surface area contributed by atoms with Gasteiger partial charge < -0.3 is 19.9 Å². The van der Waals surface area contributed by atoms with Crippen molar-refractivity contribution in [2.75, 3.05) is 20.2 Å². The van der Waals surface area contributed by atoms with E-state index in [1.54, 1.807) is 37.5 Å². The summed E-state index contributed by atoms with van der Waals surface area (Å²) in [4.78, 5) is 24.5. The first-order valence-corrected chi connectivity index (χ1v) is 9.90. The van der Waals surface area contributed by atoms with Crippen LogP contribution in [0.1, 0.15) is 40.7 Å². The van der Waals surface area contributed by atoms with Gasteiger partial charge in [0, 0.05) is 36.6 Å². The molecule has 0 spiro atoms. The van der Waals surface area contributed by atoms with Crippen molar-refractivity contribution in [1.29, 1.82) is 5.26 Å². The molecule has 2 amide bonds. The van der Waals surface area contributed by atoms with Crippen molar-refractivity contribution in [3.63, 3.8) is 0 Å². The number of hydrogen-bond acceptors (Lipinski definition) is 4. The van der Waals surface area contributed by atoms with E-state index in [-0.39, 0.29) is 24.6 Å². The number of nitrogens with one attached hydrogen (secondary N) is 2. The molecule has 0 unspecified atom stereocenters. The SMILES string of the molecule is CCCn1c(C)cc(/C=C(\C#N)C(=O)NCCNC(=O)c2ccc(OC)cc2)c1C. The second kappa shape index (κ2) is 10.9. The molecule has 0 saturated heterocycles. The molecule has 7 heteroatoms. The summed E-state index contributed by atoms with van der Waals surface area (Å²) in [6, 6.07) is 10.7. The summed E-state index contributed by atoms with van der Waals surface area (Å²) >= 11 is 0. The van der Waals surface area contributed by atoms with E-state index < -0.39 is 5.91 Å². The Labute approximate surface area is 177 Å². The molecule has 2 rings (SSSR count). The molecule has 0 saturated carbocycles. The second-order valence-electron chi connectivity index (χ2n) is 6.89. The first-order chi connectivity index (χ1) is 14.4. The zero-order valence-electron chi connectivity index (χ0n) is 17.9. The summed E-state index contributed by atoms with van der Waals surface area (Å²) in [6.45, 7) is 7.46. The molecule has 7 nitrogen and oxygen atoms in total. The van der Waals surface area contributed by atoms with Gasteiger partial charge in [-0.05, 0) is 62.2 Å². The highest BCUT2D eigenvalue weighted by Gasteiger charge is 2.12. The van der Waals surface area contributed by atoms with Crippen LogP contribution in [-0.2, 0) is 11.3 Å². The molecule has 1 heterocycles. The monoisotopic (exact) mass is 408 g/mol. The van der Waals surface area contributed by atoms with Crippen molar-refractivity contribution in [2.24, 2.45) is 0 Å². The highest BCUT2D eigenvalue weighted by Crippen LogP contribution is 2.18. The van der Waals surface area contributed by atoms with Crippen molar-refractivity contribution in [1.82, 2.24) is 15.2 Å². The topological polar surface area (TPSA) is 96.1 Å². The Morgan fingerprint density at radius 3 is 2.43 bits per heavy atom. The van der Waals surface area contributed by atoms with Gasteiger partial charge in [0.25, 0.3) is 11.8 Å². The summed E-state index contributed by atoms with van der Waals surface area (Å²) in [5.41, 5.74) is 3.53. The molecule has 0 fully saturated rings. The van der Waals surface area contributed by atoms with Gasteiger partial charge in [0.1, 0.15) is 17.4 Å². The van der Waals surface area contributed by atoms with Crippen LogP contribution < -0.4 is 15.4 Å². The lowest BCUT2D eigenvalue weighted by Gasteiger charge is -2.08. The largest absolute Gasteiger partial charge is 0.497 e. The Morgan fingerprint density at radius 1 is 1.17 bits per heavy atom. The molecule has 0 aliphatic carbocycles. The number of benzene rings is 1. The zero-order chi connectivity index (χ0) is 22.1. The fourth-order valence-electron chi connectivity index (χ4n) is 3.14. The number of amides is 2. The summed E-state index contributed by atoms with van der Waals surface area (Å²) in [6.07, 6.45) is 2.62. The molecule has 0 aliphatic rings. The number of aromatic nitrogens is 1. The van der Waals surface area contributed by atoms with Crippen LogP contribution in [0.25, 0.3) is 6.08 Å². The highest BCUT2D eigenvalue weighted by atomic mass is 16.5. The van der Waals surface area contributed by atoms with Gasteiger partial charge in [-0.1, -0.05) is 6.92 Å². The number of ether oxygens (including phenoxy) is 1. The third-order valence-electron chi connectivity index (χ3n) is 4.77. The van der Waals surface area contributed by atoms with Crippen LogP contribution in [0, 0.1) is 25.2 Å². The minimum Gasteiger partial charge on any atom is -0.497 e. The molecule has 0 aliphatic heterocycles. The summed E-state index contributed by atoms with van der Waals surface area (Å²) < 4.78 is 7.24. The third-order valence-corrected chi connectivity index (χ3v) is 4.77. The lowest BCUT2D eigenvalue weighted by atomic mass is 10.1. The number of carbonyl (C=O) groups is 2. The fourth-order valence-corrected chi connectivity index (χ4v) is 3.14. The molecule has 2 aromatic rings. The van der Waals surface area contributed by atoms with Gasteiger partial charge in [0.15, 0.2) is 0 Å². The van der Waals surface area contributed by atoms with E-state index in [0.717, 1.165) is 29.9 Å². The summed E-state index contributed by atoms with van der Waals surface area (Å²) in [5.74, 6) is -0.0343. The Hall–Kier alpha value is -3.53. The molecule has 1 aromatic heterocycles. The smallest absolute Gasteiger partial charge is 0.262 e. The lowest BCUT2D eigenvalue weighted by molar-refractivity contribution is -0.117. The highest BCUT2D eigenvalue weighted by molar-refractivity contribution is 6.01. The van der Waals surface area contributed by atoms with Gasteiger partial charge in [-0.3, -0.25) is 9.59 Å². The normalized spacial score (nSPS) is 11.0. The number of carbonyl (C=O) groups excluding carboxylic acids is 2. The number of aryl methyl sites for hydroxylation is 1. The summed E-state index contributed by atoms with van der Waals surface area (Å²) in [7, 11) is 1.56. The standard InChI is InChI=1S/C23H28N4O3/c1-5-12-27-16(2)13-19(17(27)3)14-20(15-24)23(29)26-11-10-25-22(28)18-6-8-21(30-4)9-7-18/h6-9,13-14H,5,10-12H2,1-4H3,(H,25,28)(H,26,29)/b20-14+. The molecular weight excluding hydrogens is 380 g/mol. The molecule has 1 aromatic carbocycles. The predicted molar refractivity (Wildman–Crippen MR) is 116 cm³/mol.